The maximum atomic E-state index is 12.6. The van der Waals surface area contributed by atoms with Gasteiger partial charge in [0.05, 0.1) is 12.6 Å². The molecule has 0 saturated carbocycles. The average Bonchev–Trinajstić information content (AvgIpc) is 3.29. The second-order valence-electron chi connectivity index (χ2n) is 8.41. The van der Waals surface area contributed by atoms with Gasteiger partial charge in [0.2, 0.25) is 5.91 Å². The molecule has 0 spiro atoms. The summed E-state index contributed by atoms with van der Waals surface area (Å²) in [5.41, 5.74) is 2.23. The molecule has 182 valence electrons. The van der Waals surface area contributed by atoms with Crippen LogP contribution in [0.5, 0.6) is 0 Å². The smallest absolute Gasteiger partial charge is 0.329 e. The number of nitrogens with zero attached hydrogens (tertiary/aromatic N) is 6. The van der Waals surface area contributed by atoms with Crippen molar-refractivity contribution in [2.45, 2.75) is 25.8 Å². The molecule has 0 atom stereocenters. The molecule has 3 heterocycles. The summed E-state index contributed by atoms with van der Waals surface area (Å²) in [7, 11) is 1.64. The number of carbonyl (C=O) groups excluding carboxylic acids is 2. The number of nitrogens with one attached hydrogen (secondary N) is 2. The summed E-state index contributed by atoms with van der Waals surface area (Å²) in [6, 6.07) is 9.07. The highest BCUT2D eigenvalue weighted by atomic mass is 16.2. The van der Waals surface area contributed by atoms with Crippen LogP contribution < -0.4 is 11.0 Å². The van der Waals surface area contributed by atoms with E-state index in [0.717, 1.165) is 16.7 Å². The van der Waals surface area contributed by atoms with E-state index in [1.54, 1.807) is 30.5 Å². The van der Waals surface area contributed by atoms with Gasteiger partial charge in [-0.15, -0.1) is 5.10 Å². The van der Waals surface area contributed by atoms with E-state index in [1.165, 1.54) is 15.9 Å². The van der Waals surface area contributed by atoms with E-state index in [-0.39, 0.29) is 30.2 Å². The first-order valence-electron chi connectivity index (χ1n) is 11.4. The Bertz CT molecular complexity index is 1240. The zero-order chi connectivity index (χ0) is 24.8. The number of hydrogen-bond donors (Lipinski definition) is 2. The number of allylic oxidation sites excluding steroid dienone is 1. The van der Waals surface area contributed by atoms with Crippen LogP contribution in [-0.4, -0.2) is 73.2 Å². The van der Waals surface area contributed by atoms with Crippen molar-refractivity contribution in [3.8, 4) is 11.4 Å². The third kappa shape index (κ3) is 5.81. The molecule has 35 heavy (non-hydrogen) atoms. The monoisotopic (exact) mass is 476 g/mol. The van der Waals surface area contributed by atoms with Gasteiger partial charge in [-0.1, -0.05) is 30.3 Å². The van der Waals surface area contributed by atoms with Crippen LogP contribution in [0.1, 0.15) is 31.4 Å². The van der Waals surface area contributed by atoms with E-state index < -0.39 is 0 Å². The number of hydrogen-bond acceptors (Lipinski definition) is 6. The zero-order valence-corrected chi connectivity index (χ0v) is 19.7. The van der Waals surface area contributed by atoms with Crippen molar-refractivity contribution >= 4 is 17.5 Å². The summed E-state index contributed by atoms with van der Waals surface area (Å²) in [6.45, 7) is 2.67. The van der Waals surface area contributed by atoms with Gasteiger partial charge in [-0.05, 0) is 25.3 Å². The Labute approximate surface area is 202 Å². The Kier molecular flexibility index (Phi) is 7.34. The molecule has 11 heteroatoms. The molecule has 1 aliphatic rings. The SMILES string of the molecule is C/C(=C\N(C)C(=O)CNC(=O)N1CCC(n2nc(-c3ccccc3)[nH]c2=O)CC1)c1cncnc1. The molecule has 4 rings (SSSR count). The lowest BCUT2D eigenvalue weighted by Crippen LogP contribution is -2.47. The number of likely N-dealkylation sites (tertiary alicyclic amines) is 1. The minimum atomic E-state index is -0.304. The number of H-pyrrole nitrogens is 1. The highest BCUT2D eigenvalue weighted by Gasteiger charge is 2.26. The lowest BCUT2D eigenvalue weighted by Gasteiger charge is -2.31. The fourth-order valence-electron chi connectivity index (χ4n) is 3.95. The molecule has 0 bridgehead atoms. The quantitative estimate of drug-likeness (QED) is 0.559. The van der Waals surface area contributed by atoms with Crippen LogP contribution in [0, 0.1) is 0 Å². The van der Waals surface area contributed by atoms with Gasteiger partial charge in [-0.3, -0.25) is 9.78 Å². The predicted molar refractivity (Wildman–Crippen MR) is 130 cm³/mol. The van der Waals surface area contributed by atoms with Crippen molar-refractivity contribution in [2.24, 2.45) is 0 Å². The number of urea groups is 1. The second-order valence-corrected chi connectivity index (χ2v) is 8.41. The van der Waals surface area contributed by atoms with Gasteiger partial charge < -0.3 is 15.1 Å². The topological polar surface area (TPSA) is 129 Å². The van der Waals surface area contributed by atoms with Crippen molar-refractivity contribution in [3.05, 3.63) is 71.3 Å². The molecule has 1 saturated heterocycles. The molecule has 11 nitrogen and oxygen atoms in total. The highest BCUT2D eigenvalue weighted by molar-refractivity contribution is 5.85. The Morgan fingerprint density at radius 2 is 1.86 bits per heavy atom. The summed E-state index contributed by atoms with van der Waals surface area (Å²) in [6.07, 6.45) is 7.66. The average molecular weight is 477 g/mol. The molecule has 0 radical (unpaired) electrons. The van der Waals surface area contributed by atoms with Crippen molar-refractivity contribution in [2.75, 3.05) is 26.7 Å². The number of aromatic amines is 1. The van der Waals surface area contributed by atoms with Gasteiger partial charge in [0.1, 0.15) is 6.33 Å². The summed E-state index contributed by atoms with van der Waals surface area (Å²) < 4.78 is 1.47. The van der Waals surface area contributed by atoms with Gasteiger partial charge in [0.15, 0.2) is 5.82 Å². The molecular weight excluding hydrogens is 448 g/mol. The first-order chi connectivity index (χ1) is 16.9. The normalized spacial score (nSPS) is 14.6. The Morgan fingerprint density at radius 1 is 1.17 bits per heavy atom. The summed E-state index contributed by atoms with van der Waals surface area (Å²) in [4.78, 5) is 51.3. The summed E-state index contributed by atoms with van der Waals surface area (Å²) in [5.74, 6) is 0.281. The maximum absolute atomic E-state index is 12.6. The van der Waals surface area contributed by atoms with Crippen LogP contribution in [0.15, 0.2) is 60.0 Å². The fourth-order valence-corrected chi connectivity index (χ4v) is 3.95. The van der Waals surface area contributed by atoms with Crippen LogP contribution in [0.3, 0.4) is 0 Å². The van der Waals surface area contributed by atoms with Gasteiger partial charge in [-0.2, -0.15) is 0 Å². The first-order valence-corrected chi connectivity index (χ1v) is 11.4. The molecule has 3 amide bonds. The van der Waals surface area contributed by atoms with E-state index in [0.29, 0.717) is 31.8 Å². The molecule has 1 aromatic carbocycles. The van der Waals surface area contributed by atoms with Crippen molar-refractivity contribution in [3.63, 3.8) is 0 Å². The van der Waals surface area contributed by atoms with E-state index in [4.69, 9.17) is 0 Å². The number of piperidine rings is 1. The minimum Gasteiger partial charge on any atom is -0.329 e. The molecule has 2 aromatic heterocycles. The Hall–Kier alpha value is -4.28. The largest absolute Gasteiger partial charge is 0.343 e. The highest BCUT2D eigenvalue weighted by Crippen LogP contribution is 2.22. The van der Waals surface area contributed by atoms with Gasteiger partial charge in [0.25, 0.3) is 0 Å². The minimum absolute atomic E-state index is 0.0943. The Morgan fingerprint density at radius 3 is 2.54 bits per heavy atom. The van der Waals surface area contributed by atoms with E-state index in [9.17, 15) is 14.4 Å². The van der Waals surface area contributed by atoms with Crippen molar-refractivity contribution in [1.29, 1.82) is 0 Å². The van der Waals surface area contributed by atoms with E-state index in [1.807, 2.05) is 37.3 Å². The third-order valence-electron chi connectivity index (χ3n) is 5.97. The summed E-state index contributed by atoms with van der Waals surface area (Å²) in [5, 5.41) is 7.15. The lowest BCUT2D eigenvalue weighted by atomic mass is 10.1. The first kappa shape index (κ1) is 23.9. The predicted octanol–water partition coefficient (Wildman–Crippen LogP) is 1.89. The van der Waals surface area contributed by atoms with Gasteiger partial charge in [0, 0.05) is 49.9 Å². The lowest BCUT2D eigenvalue weighted by molar-refractivity contribution is -0.126. The Balaban J connectivity index is 1.27. The van der Waals surface area contributed by atoms with Crippen LogP contribution in [-0.2, 0) is 4.79 Å². The number of amides is 3. The number of rotatable bonds is 6. The molecule has 1 fully saturated rings. The van der Waals surface area contributed by atoms with Crippen molar-refractivity contribution < 1.29 is 9.59 Å². The third-order valence-corrected chi connectivity index (χ3v) is 5.97. The molecule has 3 aromatic rings. The van der Waals surface area contributed by atoms with Crippen molar-refractivity contribution in [1.82, 2.24) is 39.8 Å². The second kappa shape index (κ2) is 10.8. The number of likely N-dealkylation sites (N-methyl/N-ethyl adjacent to an activating group) is 1. The van der Waals surface area contributed by atoms with Crippen LogP contribution >= 0.6 is 0 Å². The number of carbonyl (C=O) groups is 2. The molecular formula is C24H28N8O3. The van der Waals surface area contributed by atoms with Crippen LogP contribution in [0.25, 0.3) is 17.0 Å². The number of aromatic nitrogens is 5. The number of benzene rings is 1. The molecule has 0 unspecified atom stereocenters. The zero-order valence-electron chi connectivity index (χ0n) is 19.7. The van der Waals surface area contributed by atoms with Crippen LogP contribution in [0.4, 0.5) is 4.79 Å². The fraction of sp³-hybridized carbons (Fsp3) is 0.333. The molecule has 2 N–H and O–H groups in total. The van der Waals surface area contributed by atoms with E-state index >= 15 is 0 Å². The van der Waals surface area contributed by atoms with E-state index in [2.05, 4.69) is 25.4 Å². The molecule has 0 aliphatic carbocycles. The maximum Gasteiger partial charge on any atom is 0.343 e. The van der Waals surface area contributed by atoms with Gasteiger partial charge >= 0.3 is 11.7 Å². The molecule has 1 aliphatic heterocycles. The van der Waals surface area contributed by atoms with Crippen LogP contribution in [0.2, 0.25) is 0 Å². The summed E-state index contributed by atoms with van der Waals surface area (Å²) >= 11 is 0. The standard InChI is InChI=1S/C24H28N8O3/c1-17(19-12-25-16-26-13-19)15-30(2)21(33)14-27-23(34)31-10-8-20(9-11-31)32-24(35)28-22(29-32)18-6-4-3-5-7-18/h3-7,12-13,15-16,20H,8-11,14H2,1-2H3,(H,27,34)(H,28,29,35)/b17-15+. The van der Waals surface area contributed by atoms with Gasteiger partial charge in [-0.25, -0.2) is 24.2 Å².